The van der Waals surface area contributed by atoms with Crippen molar-refractivity contribution in [2.75, 3.05) is 0 Å². The molecular formula is C17H25NO. The number of carbonyl (C=O) groups is 1. The lowest BCUT2D eigenvalue weighted by molar-refractivity contribution is 0.0940. The molecule has 1 saturated carbocycles. The van der Waals surface area contributed by atoms with Gasteiger partial charge in [-0.2, -0.15) is 0 Å². The molecule has 2 nitrogen and oxygen atoms in total. The molecule has 1 aliphatic rings. The predicted octanol–water partition coefficient (Wildman–Crippen LogP) is 3.74. The number of aryl methyl sites for hydroxylation is 1. The van der Waals surface area contributed by atoms with Crippen molar-refractivity contribution >= 4 is 5.78 Å². The van der Waals surface area contributed by atoms with Crippen LogP contribution in [0.2, 0.25) is 0 Å². The van der Waals surface area contributed by atoms with Crippen LogP contribution in [0.25, 0.3) is 0 Å². The van der Waals surface area contributed by atoms with E-state index in [2.05, 4.69) is 24.4 Å². The molecule has 1 aromatic rings. The predicted molar refractivity (Wildman–Crippen MR) is 79.6 cm³/mol. The fourth-order valence-corrected chi connectivity index (χ4v) is 2.85. The van der Waals surface area contributed by atoms with Crippen LogP contribution in [0, 0.1) is 0 Å². The molecule has 2 heteroatoms. The lowest BCUT2D eigenvalue weighted by atomic mass is 9.94. The van der Waals surface area contributed by atoms with Crippen molar-refractivity contribution in [2.24, 2.45) is 0 Å². The molecule has 1 atom stereocenters. The van der Waals surface area contributed by atoms with Gasteiger partial charge in [0.2, 0.25) is 0 Å². The standard InChI is InChI=1S/C17H25NO/c1-3-14-9-11-15(12-10-14)17(19)13(2)18-16-7-5-4-6-8-16/h9-13,16,18H,3-8H2,1-2H3. The summed E-state index contributed by atoms with van der Waals surface area (Å²) in [4.78, 5) is 12.4. The van der Waals surface area contributed by atoms with E-state index in [1.165, 1.54) is 37.7 Å². The van der Waals surface area contributed by atoms with E-state index in [0.717, 1.165) is 12.0 Å². The van der Waals surface area contributed by atoms with Crippen LogP contribution in [-0.4, -0.2) is 17.9 Å². The maximum Gasteiger partial charge on any atom is 0.179 e. The number of Topliss-reactive ketones (excluding diaryl/α,β-unsaturated/α-hetero) is 1. The zero-order chi connectivity index (χ0) is 13.7. The molecule has 0 spiro atoms. The van der Waals surface area contributed by atoms with Gasteiger partial charge in [0, 0.05) is 11.6 Å². The first-order chi connectivity index (χ1) is 9.20. The third kappa shape index (κ3) is 3.90. The zero-order valence-electron chi connectivity index (χ0n) is 12.1. The average Bonchev–Trinajstić information content (AvgIpc) is 2.47. The smallest absolute Gasteiger partial charge is 0.179 e. The summed E-state index contributed by atoms with van der Waals surface area (Å²) >= 11 is 0. The Morgan fingerprint density at radius 1 is 1.21 bits per heavy atom. The summed E-state index contributed by atoms with van der Waals surface area (Å²) in [5.41, 5.74) is 2.11. The highest BCUT2D eigenvalue weighted by Gasteiger charge is 2.20. The monoisotopic (exact) mass is 259 g/mol. The Bertz CT molecular complexity index is 404. The molecule has 1 aliphatic carbocycles. The van der Waals surface area contributed by atoms with Gasteiger partial charge in [-0.15, -0.1) is 0 Å². The molecule has 0 radical (unpaired) electrons. The summed E-state index contributed by atoms with van der Waals surface area (Å²) in [7, 11) is 0. The Morgan fingerprint density at radius 3 is 2.42 bits per heavy atom. The van der Waals surface area contributed by atoms with Gasteiger partial charge >= 0.3 is 0 Å². The van der Waals surface area contributed by atoms with Crippen molar-refractivity contribution in [3.8, 4) is 0 Å². The van der Waals surface area contributed by atoms with Gasteiger partial charge in [-0.05, 0) is 31.7 Å². The minimum absolute atomic E-state index is 0.0735. The van der Waals surface area contributed by atoms with E-state index in [9.17, 15) is 4.79 Å². The molecule has 1 N–H and O–H groups in total. The van der Waals surface area contributed by atoms with Gasteiger partial charge in [-0.1, -0.05) is 50.5 Å². The molecule has 0 saturated heterocycles. The Kier molecular flexibility index (Phi) is 5.15. The lowest BCUT2D eigenvalue weighted by Gasteiger charge is -2.26. The van der Waals surface area contributed by atoms with Gasteiger partial charge in [0.1, 0.15) is 0 Å². The molecule has 2 rings (SSSR count). The van der Waals surface area contributed by atoms with E-state index in [1.807, 2.05) is 19.1 Å². The highest BCUT2D eigenvalue weighted by Crippen LogP contribution is 2.18. The topological polar surface area (TPSA) is 29.1 Å². The quantitative estimate of drug-likeness (QED) is 0.816. The Hall–Kier alpha value is -1.15. The van der Waals surface area contributed by atoms with Crippen LogP contribution in [0.1, 0.15) is 61.9 Å². The third-order valence-corrected chi connectivity index (χ3v) is 4.13. The summed E-state index contributed by atoms with van der Waals surface area (Å²) in [5.74, 6) is 0.216. The third-order valence-electron chi connectivity index (χ3n) is 4.13. The number of rotatable bonds is 5. The van der Waals surface area contributed by atoms with Crippen LogP contribution in [0.4, 0.5) is 0 Å². The molecule has 1 fully saturated rings. The first-order valence-corrected chi connectivity index (χ1v) is 7.60. The van der Waals surface area contributed by atoms with Crippen LogP contribution in [-0.2, 0) is 6.42 Å². The molecule has 0 bridgehead atoms. The fourth-order valence-electron chi connectivity index (χ4n) is 2.85. The summed E-state index contributed by atoms with van der Waals surface area (Å²) in [6.45, 7) is 4.12. The minimum atomic E-state index is -0.0735. The highest BCUT2D eigenvalue weighted by molar-refractivity contribution is 5.99. The van der Waals surface area contributed by atoms with E-state index in [0.29, 0.717) is 6.04 Å². The van der Waals surface area contributed by atoms with Gasteiger partial charge < -0.3 is 5.32 Å². The van der Waals surface area contributed by atoms with Gasteiger partial charge in [-0.25, -0.2) is 0 Å². The molecule has 1 aromatic carbocycles. The molecular weight excluding hydrogens is 234 g/mol. The largest absolute Gasteiger partial charge is 0.305 e. The highest BCUT2D eigenvalue weighted by atomic mass is 16.1. The average molecular weight is 259 g/mol. The normalized spacial score (nSPS) is 18.2. The lowest BCUT2D eigenvalue weighted by Crippen LogP contribution is -2.42. The van der Waals surface area contributed by atoms with Crippen LogP contribution in [0.15, 0.2) is 24.3 Å². The number of nitrogens with one attached hydrogen (secondary N) is 1. The van der Waals surface area contributed by atoms with Crippen molar-refractivity contribution in [3.63, 3.8) is 0 Å². The van der Waals surface area contributed by atoms with Crippen molar-refractivity contribution in [2.45, 2.75) is 64.5 Å². The molecule has 1 unspecified atom stereocenters. The molecule has 0 heterocycles. The number of hydrogen-bond acceptors (Lipinski definition) is 2. The number of benzene rings is 1. The number of hydrogen-bond donors (Lipinski definition) is 1. The first-order valence-electron chi connectivity index (χ1n) is 7.60. The molecule has 0 amide bonds. The van der Waals surface area contributed by atoms with E-state index < -0.39 is 0 Å². The maximum atomic E-state index is 12.4. The maximum absolute atomic E-state index is 12.4. The Morgan fingerprint density at radius 2 is 1.84 bits per heavy atom. The second-order valence-electron chi connectivity index (χ2n) is 5.64. The van der Waals surface area contributed by atoms with Gasteiger partial charge in [0.05, 0.1) is 6.04 Å². The molecule has 0 aromatic heterocycles. The summed E-state index contributed by atoms with van der Waals surface area (Å²) < 4.78 is 0. The second kappa shape index (κ2) is 6.85. The molecule has 19 heavy (non-hydrogen) atoms. The van der Waals surface area contributed by atoms with Crippen LogP contribution < -0.4 is 5.32 Å². The van der Waals surface area contributed by atoms with Crippen molar-refractivity contribution in [1.82, 2.24) is 5.32 Å². The number of ketones is 1. The summed E-state index contributed by atoms with van der Waals surface area (Å²) in [5, 5.41) is 3.50. The Balaban J connectivity index is 1.93. The van der Waals surface area contributed by atoms with Gasteiger partial charge in [0.25, 0.3) is 0 Å². The van der Waals surface area contributed by atoms with Gasteiger partial charge in [-0.3, -0.25) is 4.79 Å². The molecule has 0 aliphatic heterocycles. The zero-order valence-corrected chi connectivity index (χ0v) is 12.1. The minimum Gasteiger partial charge on any atom is -0.305 e. The van der Waals surface area contributed by atoms with E-state index in [4.69, 9.17) is 0 Å². The van der Waals surface area contributed by atoms with Crippen LogP contribution in [0.3, 0.4) is 0 Å². The number of carbonyl (C=O) groups excluding carboxylic acids is 1. The van der Waals surface area contributed by atoms with E-state index in [1.54, 1.807) is 0 Å². The van der Waals surface area contributed by atoms with E-state index >= 15 is 0 Å². The van der Waals surface area contributed by atoms with Crippen LogP contribution in [0.5, 0.6) is 0 Å². The molecule has 104 valence electrons. The first kappa shape index (κ1) is 14.3. The van der Waals surface area contributed by atoms with Crippen molar-refractivity contribution < 1.29 is 4.79 Å². The summed E-state index contributed by atoms with van der Waals surface area (Å²) in [6.07, 6.45) is 7.38. The van der Waals surface area contributed by atoms with Gasteiger partial charge in [0.15, 0.2) is 5.78 Å². The van der Waals surface area contributed by atoms with Crippen LogP contribution >= 0.6 is 0 Å². The van der Waals surface area contributed by atoms with Crippen molar-refractivity contribution in [1.29, 1.82) is 0 Å². The van der Waals surface area contributed by atoms with E-state index in [-0.39, 0.29) is 11.8 Å². The Labute approximate surface area is 116 Å². The van der Waals surface area contributed by atoms with Crippen molar-refractivity contribution in [3.05, 3.63) is 35.4 Å². The second-order valence-corrected chi connectivity index (χ2v) is 5.64. The SMILES string of the molecule is CCc1ccc(C(=O)C(C)NC2CCCCC2)cc1. The fraction of sp³-hybridized carbons (Fsp3) is 0.588. The summed E-state index contributed by atoms with van der Waals surface area (Å²) in [6, 6.07) is 8.49.